The summed E-state index contributed by atoms with van der Waals surface area (Å²) in [6.45, 7) is 5.66. The second-order valence-corrected chi connectivity index (χ2v) is 6.18. The molecule has 2 N–H and O–H groups in total. The van der Waals surface area contributed by atoms with Crippen molar-refractivity contribution in [3.05, 3.63) is 23.8 Å². The Balaban J connectivity index is 0.00000576. The monoisotopic (exact) mass is 374 g/mol. The van der Waals surface area contributed by atoms with Crippen molar-refractivity contribution < 1.29 is 19.0 Å². The van der Waals surface area contributed by atoms with Gasteiger partial charge >= 0.3 is 0 Å². The normalized spacial score (nSPS) is 11.6. The van der Waals surface area contributed by atoms with Gasteiger partial charge in [-0.3, -0.25) is 4.79 Å². The molecule has 0 saturated carbocycles. The number of hydrogen-bond acceptors (Lipinski definition) is 5. The molecule has 0 aliphatic rings. The lowest BCUT2D eigenvalue weighted by Gasteiger charge is -2.27. The first-order valence-electron chi connectivity index (χ1n) is 8.17. The number of ether oxygens (including phenoxy) is 3. The van der Waals surface area contributed by atoms with Crippen molar-refractivity contribution in [3.8, 4) is 11.5 Å². The molecule has 6 nitrogen and oxygen atoms in total. The van der Waals surface area contributed by atoms with E-state index in [0.29, 0.717) is 30.5 Å². The van der Waals surface area contributed by atoms with Crippen molar-refractivity contribution in [1.82, 2.24) is 4.90 Å². The number of halogens is 1. The van der Waals surface area contributed by atoms with Gasteiger partial charge in [0.25, 0.3) is 0 Å². The van der Waals surface area contributed by atoms with Gasteiger partial charge < -0.3 is 24.8 Å². The lowest BCUT2D eigenvalue weighted by Crippen LogP contribution is -2.48. The van der Waals surface area contributed by atoms with Gasteiger partial charge in [0.1, 0.15) is 6.04 Å². The molecule has 1 rings (SSSR count). The molecule has 1 aromatic carbocycles. The van der Waals surface area contributed by atoms with E-state index in [1.165, 1.54) is 0 Å². The van der Waals surface area contributed by atoms with Crippen molar-refractivity contribution in [3.63, 3.8) is 0 Å². The molecule has 0 aromatic heterocycles. The summed E-state index contributed by atoms with van der Waals surface area (Å²) in [7, 11) is 4.77. The minimum absolute atomic E-state index is 0. The third kappa shape index (κ3) is 7.50. The zero-order valence-corrected chi connectivity index (χ0v) is 16.6. The van der Waals surface area contributed by atoms with Crippen LogP contribution in [0.25, 0.3) is 0 Å². The van der Waals surface area contributed by atoms with Crippen LogP contribution in [0.4, 0.5) is 0 Å². The standard InChI is InChI=1S/C18H30N2O4.ClH/c1-13(2)11-20(18(21)15(19)12-22-3)9-8-14-6-7-16(23-4)17(10-14)24-5;/h6-7,10,13,15H,8-9,11-12,19H2,1-5H3;1H. The Hall–Kier alpha value is -1.50. The Morgan fingerprint density at radius 2 is 1.80 bits per heavy atom. The molecular weight excluding hydrogens is 344 g/mol. The molecule has 0 aliphatic carbocycles. The second-order valence-electron chi connectivity index (χ2n) is 6.18. The molecule has 7 heteroatoms. The molecule has 1 atom stereocenters. The second kappa shape index (κ2) is 12.0. The highest BCUT2D eigenvalue weighted by Gasteiger charge is 2.21. The Kier molecular flexibility index (Phi) is 11.2. The summed E-state index contributed by atoms with van der Waals surface area (Å²) in [4.78, 5) is 14.3. The maximum Gasteiger partial charge on any atom is 0.241 e. The number of carbonyl (C=O) groups excluding carboxylic acids is 1. The van der Waals surface area contributed by atoms with Crippen LogP contribution in [0.5, 0.6) is 11.5 Å². The zero-order valence-electron chi connectivity index (χ0n) is 15.8. The fourth-order valence-corrected chi connectivity index (χ4v) is 2.52. The van der Waals surface area contributed by atoms with E-state index in [-0.39, 0.29) is 24.9 Å². The third-order valence-electron chi connectivity index (χ3n) is 3.68. The van der Waals surface area contributed by atoms with E-state index in [1.54, 1.807) is 21.3 Å². The summed E-state index contributed by atoms with van der Waals surface area (Å²) in [6.07, 6.45) is 0.721. The van der Waals surface area contributed by atoms with Crippen LogP contribution in [0.15, 0.2) is 18.2 Å². The number of hydrogen-bond donors (Lipinski definition) is 1. The number of methoxy groups -OCH3 is 3. The van der Waals surface area contributed by atoms with Gasteiger partial charge in [0.05, 0.1) is 20.8 Å². The van der Waals surface area contributed by atoms with Crippen LogP contribution in [0.3, 0.4) is 0 Å². The van der Waals surface area contributed by atoms with Gasteiger partial charge in [-0.05, 0) is 30.0 Å². The van der Waals surface area contributed by atoms with E-state index in [0.717, 1.165) is 12.0 Å². The minimum atomic E-state index is -0.626. The fraction of sp³-hybridized carbons (Fsp3) is 0.611. The molecule has 0 heterocycles. The zero-order chi connectivity index (χ0) is 18.1. The van der Waals surface area contributed by atoms with Crippen molar-refractivity contribution in [2.45, 2.75) is 26.3 Å². The van der Waals surface area contributed by atoms with Gasteiger partial charge in [-0.2, -0.15) is 0 Å². The van der Waals surface area contributed by atoms with Crippen molar-refractivity contribution in [1.29, 1.82) is 0 Å². The summed E-state index contributed by atoms with van der Waals surface area (Å²) in [6, 6.07) is 5.17. The lowest BCUT2D eigenvalue weighted by atomic mass is 10.1. The van der Waals surface area contributed by atoms with Crippen LogP contribution in [0, 0.1) is 5.92 Å². The molecule has 1 aromatic rings. The Labute approximate surface area is 157 Å². The first-order valence-corrected chi connectivity index (χ1v) is 8.17. The molecule has 144 valence electrons. The Bertz CT molecular complexity index is 526. The smallest absolute Gasteiger partial charge is 0.241 e. The summed E-state index contributed by atoms with van der Waals surface area (Å²) in [5.74, 6) is 1.67. The van der Waals surface area contributed by atoms with Gasteiger partial charge in [0, 0.05) is 20.2 Å². The van der Waals surface area contributed by atoms with Crippen LogP contribution >= 0.6 is 12.4 Å². The van der Waals surface area contributed by atoms with Crippen molar-refractivity contribution in [2.24, 2.45) is 11.7 Å². The first-order chi connectivity index (χ1) is 11.4. The molecule has 1 unspecified atom stereocenters. The number of benzene rings is 1. The SMILES string of the molecule is COCC(N)C(=O)N(CCc1ccc(OC)c(OC)c1)CC(C)C.Cl. The number of nitrogens with two attached hydrogens (primary N) is 1. The van der Waals surface area contributed by atoms with Gasteiger partial charge in [-0.25, -0.2) is 0 Å². The number of amides is 1. The Morgan fingerprint density at radius 1 is 1.16 bits per heavy atom. The highest BCUT2D eigenvalue weighted by molar-refractivity contribution is 5.85. The summed E-state index contributed by atoms with van der Waals surface area (Å²) in [5.41, 5.74) is 6.98. The Morgan fingerprint density at radius 3 is 2.32 bits per heavy atom. The van der Waals surface area contributed by atoms with Gasteiger partial charge in [-0.15, -0.1) is 12.4 Å². The molecule has 0 bridgehead atoms. The molecular formula is C18H31ClN2O4. The lowest BCUT2D eigenvalue weighted by molar-refractivity contribution is -0.134. The molecule has 25 heavy (non-hydrogen) atoms. The van der Waals surface area contributed by atoms with E-state index < -0.39 is 6.04 Å². The number of rotatable bonds is 10. The largest absolute Gasteiger partial charge is 0.493 e. The maximum atomic E-state index is 12.5. The van der Waals surface area contributed by atoms with E-state index in [4.69, 9.17) is 19.9 Å². The molecule has 0 fully saturated rings. The summed E-state index contributed by atoms with van der Waals surface area (Å²) in [5, 5.41) is 0. The predicted octanol–water partition coefficient (Wildman–Crippen LogP) is 2.13. The van der Waals surface area contributed by atoms with E-state index in [2.05, 4.69) is 13.8 Å². The average molecular weight is 375 g/mol. The van der Waals surface area contributed by atoms with Gasteiger partial charge in [-0.1, -0.05) is 19.9 Å². The molecule has 0 aliphatic heterocycles. The van der Waals surface area contributed by atoms with Crippen LogP contribution in [0.1, 0.15) is 19.4 Å². The molecule has 0 spiro atoms. The first kappa shape index (κ1) is 23.5. The number of nitrogens with zero attached hydrogens (tertiary/aromatic N) is 1. The van der Waals surface area contributed by atoms with Crippen LogP contribution in [-0.2, 0) is 16.0 Å². The van der Waals surface area contributed by atoms with E-state index in [1.807, 2.05) is 23.1 Å². The van der Waals surface area contributed by atoms with Crippen molar-refractivity contribution >= 4 is 18.3 Å². The summed E-state index contributed by atoms with van der Waals surface area (Å²) < 4.78 is 15.6. The maximum absolute atomic E-state index is 12.5. The fourth-order valence-electron chi connectivity index (χ4n) is 2.52. The molecule has 0 radical (unpaired) electrons. The highest BCUT2D eigenvalue weighted by Crippen LogP contribution is 2.27. The third-order valence-corrected chi connectivity index (χ3v) is 3.68. The van der Waals surface area contributed by atoms with Crippen LogP contribution in [0.2, 0.25) is 0 Å². The van der Waals surface area contributed by atoms with Gasteiger partial charge in [0.15, 0.2) is 11.5 Å². The summed E-state index contributed by atoms with van der Waals surface area (Å²) >= 11 is 0. The quantitative estimate of drug-likeness (QED) is 0.679. The highest BCUT2D eigenvalue weighted by atomic mass is 35.5. The predicted molar refractivity (Wildman–Crippen MR) is 102 cm³/mol. The van der Waals surface area contributed by atoms with Gasteiger partial charge in [0.2, 0.25) is 5.91 Å². The van der Waals surface area contributed by atoms with E-state index >= 15 is 0 Å². The topological polar surface area (TPSA) is 74.0 Å². The number of carbonyl (C=O) groups is 1. The average Bonchev–Trinajstić information content (AvgIpc) is 2.57. The van der Waals surface area contributed by atoms with Crippen LogP contribution in [-0.4, -0.2) is 57.9 Å². The molecule has 0 saturated heterocycles. The molecule has 1 amide bonds. The van der Waals surface area contributed by atoms with Crippen molar-refractivity contribution in [2.75, 3.05) is 41.0 Å². The van der Waals surface area contributed by atoms with E-state index in [9.17, 15) is 4.79 Å². The van der Waals surface area contributed by atoms with Crippen LogP contribution < -0.4 is 15.2 Å². The minimum Gasteiger partial charge on any atom is -0.493 e.